The number of hydrogen-bond acceptors (Lipinski definition) is 3. The van der Waals surface area contributed by atoms with E-state index in [1.807, 2.05) is 12.3 Å². The molecule has 1 saturated heterocycles. The van der Waals surface area contributed by atoms with Crippen LogP contribution in [0.25, 0.3) is 0 Å². The third-order valence-corrected chi connectivity index (χ3v) is 4.80. The molecule has 5 nitrogen and oxygen atoms in total. The lowest BCUT2D eigenvalue weighted by atomic mass is 10.2. The van der Waals surface area contributed by atoms with Crippen molar-refractivity contribution >= 4 is 35.8 Å². The van der Waals surface area contributed by atoms with E-state index in [1.165, 1.54) is 43.4 Å². The van der Waals surface area contributed by atoms with Gasteiger partial charge < -0.3 is 15.5 Å². The van der Waals surface area contributed by atoms with Gasteiger partial charge in [0.1, 0.15) is 11.6 Å². The van der Waals surface area contributed by atoms with Crippen molar-refractivity contribution < 1.29 is 4.39 Å². The maximum absolute atomic E-state index is 13.0. The third-order valence-electron chi connectivity index (χ3n) is 4.80. The van der Waals surface area contributed by atoms with Gasteiger partial charge in [-0.3, -0.25) is 4.99 Å². The SMILES string of the molecule is CN=C(NCc1ccc(F)cc1)NCc1ccnc(N2CCCCCC2)c1.I. The van der Waals surface area contributed by atoms with Crippen molar-refractivity contribution in [2.45, 2.75) is 38.8 Å². The van der Waals surface area contributed by atoms with Crippen LogP contribution in [0.15, 0.2) is 47.6 Å². The predicted molar refractivity (Wildman–Crippen MR) is 124 cm³/mol. The third kappa shape index (κ3) is 6.92. The summed E-state index contributed by atoms with van der Waals surface area (Å²) in [5.74, 6) is 1.55. The Bertz CT molecular complexity index is 743. The van der Waals surface area contributed by atoms with Gasteiger partial charge in [0.15, 0.2) is 5.96 Å². The second-order valence-corrected chi connectivity index (χ2v) is 6.83. The van der Waals surface area contributed by atoms with Gasteiger partial charge in [-0.05, 0) is 48.2 Å². The summed E-state index contributed by atoms with van der Waals surface area (Å²) in [6.07, 6.45) is 6.99. The van der Waals surface area contributed by atoms with Crippen LogP contribution in [0.5, 0.6) is 0 Å². The second-order valence-electron chi connectivity index (χ2n) is 6.83. The summed E-state index contributed by atoms with van der Waals surface area (Å²) in [6.45, 7) is 3.44. The van der Waals surface area contributed by atoms with Crippen molar-refractivity contribution in [3.63, 3.8) is 0 Å². The minimum absolute atomic E-state index is 0. The van der Waals surface area contributed by atoms with Crippen molar-refractivity contribution in [1.29, 1.82) is 0 Å². The molecule has 1 aromatic carbocycles. The Balaban J connectivity index is 0.00000280. The fourth-order valence-corrected chi connectivity index (χ4v) is 3.24. The van der Waals surface area contributed by atoms with Gasteiger partial charge in [-0.15, -0.1) is 24.0 Å². The van der Waals surface area contributed by atoms with Crippen LogP contribution in [0.3, 0.4) is 0 Å². The number of benzene rings is 1. The van der Waals surface area contributed by atoms with E-state index in [0.717, 1.165) is 24.5 Å². The normalized spacial score (nSPS) is 14.8. The maximum Gasteiger partial charge on any atom is 0.191 e. The van der Waals surface area contributed by atoms with Crippen molar-refractivity contribution in [2.24, 2.45) is 4.99 Å². The van der Waals surface area contributed by atoms with Gasteiger partial charge in [-0.25, -0.2) is 9.37 Å². The Hall–Kier alpha value is -1.90. The van der Waals surface area contributed by atoms with Crippen molar-refractivity contribution in [2.75, 3.05) is 25.0 Å². The zero-order valence-electron chi connectivity index (χ0n) is 16.3. The molecular weight excluding hydrogens is 468 g/mol. The molecule has 152 valence electrons. The number of aromatic nitrogens is 1. The van der Waals surface area contributed by atoms with Gasteiger partial charge in [-0.2, -0.15) is 0 Å². The second kappa shape index (κ2) is 11.8. The first-order chi connectivity index (χ1) is 13.2. The summed E-state index contributed by atoms with van der Waals surface area (Å²) < 4.78 is 13.0. The molecule has 1 aromatic heterocycles. The standard InChI is InChI=1S/C21H28FN5.HI/c1-23-21(25-15-17-6-8-19(22)9-7-17)26-16-18-10-11-24-20(14-18)27-12-4-2-3-5-13-27;/h6-11,14H,2-5,12-13,15-16H2,1H3,(H2,23,25,26);1H. The summed E-state index contributed by atoms with van der Waals surface area (Å²) in [6, 6.07) is 10.7. The first-order valence-electron chi connectivity index (χ1n) is 9.63. The van der Waals surface area contributed by atoms with E-state index in [4.69, 9.17) is 0 Å². The number of aliphatic imine (C=N–C) groups is 1. The van der Waals surface area contributed by atoms with Crippen LogP contribution < -0.4 is 15.5 Å². The summed E-state index contributed by atoms with van der Waals surface area (Å²) in [5.41, 5.74) is 2.18. The number of nitrogens with zero attached hydrogens (tertiary/aromatic N) is 3. The number of pyridine rings is 1. The number of nitrogens with one attached hydrogen (secondary N) is 2. The fraction of sp³-hybridized carbons (Fsp3) is 0.429. The van der Waals surface area contributed by atoms with Crippen molar-refractivity contribution in [3.8, 4) is 0 Å². The Morgan fingerprint density at radius 1 is 1.00 bits per heavy atom. The fourth-order valence-electron chi connectivity index (χ4n) is 3.24. The molecule has 7 heteroatoms. The summed E-state index contributed by atoms with van der Waals surface area (Å²) >= 11 is 0. The zero-order chi connectivity index (χ0) is 18.9. The van der Waals surface area contributed by atoms with Crippen molar-refractivity contribution in [1.82, 2.24) is 15.6 Å². The number of halogens is 2. The number of anilines is 1. The van der Waals surface area contributed by atoms with Crippen LogP contribution in [0.2, 0.25) is 0 Å². The summed E-state index contributed by atoms with van der Waals surface area (Å²) in [4.78, 5) is 11.2. The molecule has 0 unspecified atom stereocenters. The highest BCUT2D eigenvalue weighted by atomic mass is 127. The molecule has 2 heterocycles. The molecule has 0 spiro atoms. The first kappa shape index (κ1) is 22.4. The van der Waals surface area contributed by atoms with E-state index >= 15 is 0 Å². The lowest BCUT2D eigenvalue weighted by molar-refractivity contribution is 0.626. The number of rotatable bonds is 5. The molecule has 0 aliphatic carbocycles. The van der Waals surface area contributed by atoms with Crippen LogP contribution in [0.4, 0.5) is 10.2 Å². The monoisotopic (exact) mass is 497 g/mol. The molecule has 0 amide bonds. The van der Waals surface area contributed by atoms with E-state index in [-0.39, 0.29) is 29.8 Å². The molecule has 1 fully saturated rings. The highest BCUT2D eigenvalue weighted by Gasteiger charge is 2.11. The Kier molecular flexibility index (Phi) is 9.46. The first-order valence-corrected chi connectivity index (χ1v) is 9.63. The zero-order valence-corrected chi connectivity index (χ0v) is 18.7. The van der Waals surface area contributed by atoms with Crippen LogP contribution >= 0.6 is 24.0 Å². The van der Waals surface area contributed by atoms with Gasteiger partial charge >= 0.3 is 0 Å². The molecule has 0 atom stereocenters. The predicted octanol–water partition coefficient (Wildman–Crippen LogP) is 4.08. The average Bonchev–Trinajstić information content (AvgIpc) is 2.99. The van der Waals surface area contributed by atoms with E-state index in [0.29, 0.717) is 19.0 Å². The Morgan fingerprint density at radius 3 is 2.29 bits per heavy atom. The van der Waals surface area contributed by atoms with Gasteiger partial charge in [-0.1, -0.05) is 25.0 Å². The number of hydrogen-bond donors (Lipinski definition) is 2. The van der Waals surface area contributed by atoms with E-state index in [9.17, 15) is 4.39 Å². The number of guanidine groups is 1. The molecule has 1 aliphatic heterocycles. The molecule has 0 bridgehead atoms. The van der Waals surface area contributed by atoms with E-state index in [1.54, 1.807) is 19.2 Å². The molecule has 1 aliphatic rings. The molecular formula is C21H29FIN5. The van der Waals surface area contributed by atoms with Crippen molar-refractivity contribution in [3.05, 3.63) is 59.5 Å². The largest absolute Gasteiger partial charge is 0.357 e. The Morgan fingerprint density at radius 2 is 1.64 bits per heavy atom. The van der Waals surface area contributed by atoms with E-state index in [2.05, 4.69) is 31.6 Å². The molecule has 2 N–H and O–H groups in total. The van der Waals surface area contributed by atoms with E-state index < -0.39 is 0 Å². The smallest absolute Gasteiger partial charge is 0.191 e. The molecule has 0 radical (unpaired) electrons. The van der Waals surface area contributed by atoms with Crippen LogP contribution in [0.1, 0.15) is 36.8 Å². The van der Waals surface area contributed by atoms with Gasteiger partial charge in [0.2, 0.25) is 0 Å². The van der Waals surface area contributed by atoms with Crippen LogP contribution in [0, 0.1) is 5.82 Å². The minimum Gasteiger partial charge on any atom is -0.357 e. The summed E-state index contributed by atoms with van der Waals surface area (Å²) in [7, 11) is 1.75. The minimum atomic E-state index is -0.223. The van der Waals surface area contributed by atoms with Gasteiger partial charge in [0.25, 0.3) is 0 Å². The van der Waals surface area contributed by atoms with Gasteiger partial charge in [0.05, 0.1) is 0 Å². The quantitative estimate of drug-likeness (QED) is 0.372. The highest BCUT2D eigenvalue weighted by Crippen LogP contribution is 2.18. The summed E-state index contributed by atoms with van der Waals surface area (Å²) in [5, 5.41) is 6.58. The molecule has 0 saturated carbocycles. The maximum atomic E-state index is 13.0. The molecule has 3 rings (SSSR count). The van der Waals surface area contributed by atoms with Gasteiger partial charge in [0, 0.05) is 39.4 Å². The molecule has 28 heavy (non-hydrogen) atoms. The average molecular weight is 497 g/mol. The topological polar surface area (TPSA) is 52.6 Å². The molecule has 2 aromatic rings. The lowest BCUT2D eigenvalue weighted by Gasteiger charge is -2.22. The highest BCUT2D eigenvalue weighted by molar-refractivity contribution is 14.0. The van der Waals surface area contributed by atoms with Crippen LogP contribution in [-0.4, -0.2) is 31.1 Å². The van der Waals surface area contributed by atoms with Crippen LogP contribution in [-0.2, 0) is 13.1 Å². The lowest BCUT2D eigenvalue weighted by Crippen LogP contribution is -2.36. The Labute approximate surface area is 183 Å².